The minimum atomic E-state index is -0.685. The van der Waals surface area contributed by atoms with Crippen LogP contribution < -0.4 is 5.32 Å². The smallest absolute Gasteiger partial charge is 0.249 e. The molecule has 1 N–H and O–H groups in total. The molecule has 1 aliphatic carbocycles. The first-order valence-corrected chi connectivity index (χ1v) is 8.10. The standard InChI is InChI=1S/C16H29N3O2/c1-6-13-14(20)17-16(3,12-7-8-12)15(21)19(13)11(2)9-10-18(4)5/h11-13H,6-10H2,1-5H3,(H,17,20). The molecule has 0 aromatic carbocycles. The van der Waals surface area contributed by atoms with Crippen molar-refractivity contribution in [1.82, 2.24) is 15.1 Å². The van der Waals surface area contributed by atoms with Gasteiger partial charge in [0.15, 0.2) is 0 Å². The van der Waals surface area contributed by atoms with Crippen LogP contribution in [0.2, 0.25) is 0 Å². The molecular formula is C16H29N3O2. The Bertz CT molecular complexity index is 420. The number of rotatable bonds is 6. The van der Waals surface area contributed by atoms with Crippen LogP contribution in [0.15, 0.2) is 0 Å². The van der Waals surface area contributed by atoms with Crippen molar-refractivity contribution < 1.29 is 9.59 Å². The molecule has 3 unspecified atom stereocenters. The molecule has 0 radical (unpaired) electrons. The van der Waals surface area contributed by atoms with E-state index in [2.05, 4.69) is 17.1 Å². The van der Waals surface area contributed by atoms with Gasteiger partial charge in [-0.3, -0.25) is 9.59 Å². The van der Waals surface area contributed by atoms with E-state index in [0.29, 0.717) is 12.3 Å². The minimum absolute atomic E-state index is 0.0169. The van der Waals surface area contributed by atoms with Crippen molar-refractivity contribution in [3.63, 3.8) is 0 Å². The van der Waals surface area contributed by atoms with Crippen LogP contribution in [0.4, 0.5) is 0 Å². The van der Waals surface area contributed by atoms with E-state index in [1.54, 1.807) is 0 Å². The predicted molar refractivity (Wildman–Crippen MR) is 82.8 cm³/mol. The molecule has 5 nitrogen and oxygen atoms in total. The van der Waals surface area contributed by atoms with Crippen LogP contribution in [0.5, 0.6) is 0 Å². The van der Waals surface area contributed by atoms with Crippen molar-refractivity contribution >= 4 is 11.8 Å². The number of nitrogens with zero attached hydrogens (tertiary/aromatic N) is 2. The van der Waals surface area contributed by atoms with Gasteiger partial charge >= 0.3 is 0 Å². The third-order valence-corrected chi connectivity index (χ3v) is 4.95. The maximum Gasteiger partial charge on any atom is 0.249 e. The van der Waals surface area contributed by atoms with Crippen molar-refractivity contribution in [1.29, 1.82) is 0 Å². The summed E-state index contributed by atoms with van der Waals surface area (Å²) >= 11 is 0. The second kappa shape index (κ2) is 5.95. The van der Waals surface area contributed by atoms with Gasteiger partial charge in [0.1, 0.15) is 11.6 Å². The molecule has 2 amide bonds. The first-order valence-electron chi connectivity index (χ1n) is 8.10. The molecule has 3 atom stereocenters. The third-order valence-electron chi connectivity index (χ3n) is 4.95. The predicted octanol–water partition coefficient (Wildman–Crippen LogP) is 1.23. The van der Waals surface area contributed by atoms with E-state index in [1.807, 2.05) is 32.8 Å². The number of amides is 2. The molecule has 21 heavy (non-hydrogen) atoms. The molecule has 1 saturated carbocycles. The van der Waals surface area contributed by atoms with E-state index in [9.17, 15) is 9.59 Å². The SMILES string of the molecule is CCC1C(=O)NC(C)(C2CC2)C(=O)N1C(C)CCN(C)C. The van der Waals surface area contributed by atoms with Crippen LogP contribution in [-0.2, 0) is 9.59 Å². The fourth-order valence-corrected chi connectivity index (χ4v) is 3.34. The summed E-state index contributed by atoms with van der Waals surface area (Å²) in [5.74, 6) is 0.446. The summed E-state index contributed by atoms with van der Waals surface area (Å²) in [5.41, 5.74) is -0.685. The van der Waals surface area contributed by atoms with Gasteiger partial charge in [0.2, 0.25) is 11.8 Å². The van der Waals surface area contributed by atoms with Crippen molar-refractivity contribution in [3.05, 3.63) is 0 Å². The number of hydrogen-bond donors (Lipinski definition) is 1. The molecule has 120 valence electrons. The Labute approximate surface area is 128 Å². The zero-order valence-corrected chi connectivity index (χ0v) is 14.0. The van der Waals surface area contributed by atoms with Crippen LogP contribution >= 0.6 is 0 Å². The largest absolute Gasteiger partial charge is 0.340 e. The van der Waals surface area contributed by atoms with Crippen LogP contribution in [-0.4, -0.2) is 59.9 Å². The average molecular weight is 295 g/mol. The molecule has 0 spiro atoms. The Morgan fingerprint density at radius 3 is 2.48 bits per heavy atom. The van der Waals surface area contributed by atoms with Crippen molar-refractivity contribution in [2.75, 3.05) is 20.6 Å². The summed E-state index contributed by atoms with van der Waals surface area (Å²) in [7, 11) is 4.06. The van der Waals surface area contributed by atoms with Crippen molar-refractivity contribution in [2.24, 2.45) is 5.92 Å². The van der Waals surface area contributed by atoms with Crippen molar-refractivity contribution in [2.45, 2.75) is 64.1 Å². The molecule has 0 aromatic heterocycles. The Morgan fingerprint density at radius 1 is 1.38 bits per heavy atom. The maximum atomic E-state index is 13.0. The van der Waals surface area contributed by atoms with Crippen LogP contribution in [0.25, 0.3) is 0 Å². The summed E-state index contributed by atoms with van der Waals surface area (Å²) in [4.78, 5) is 29.5. The zero-order valence-electron chi connectivity index (χ0n) is 14.0. The highest BCUT2D eigenvalue weighted by atomic mass is 16.2. The fourth-order valence-electron chi connectivity index (χ4n) is 3.34. The summed E-state index contributed by atoms with van der Waals surface area (Å²) < 4.78 is 0. The topological polar surface area (TPSA) is 52.7 Å². The lowest BCUT2D eigenvalue weighted by atomic mass is 9.87. The summed E-state index contributed by atoms with van der Waals surface area (Å²) in [6.45, 7) is 6.87. The van der Waals surface area contributed by atoms with Crippen molar-refractivity contribution in [3.8, 4) is 0 Å². The van der Waals surface area contributed by atoms with Crippen LogP contribution in [0, 0.1) is 5.92 Å². The first-order chi connectivity index (χ1) is 9.81. The van der Waals surface area contributed by atoms with E-state index < -0.39 is 5.54 Å². The van der Waals surface area contributed by atoms with Gasteiger partial charge in [0.05, 0.1) is 0 Å². The van der Waals surface area contributed by atoms with Gasteiger partial charge in [-0.2, -0.15) is 0 Å². The Hall–Kier alpha value is -1.10. The summed E-state index contributed by atoms with van der Waals surface area (Å²) in [6.07, 6.45) is 3.65. The Morgan fingerprint density at radius 2 is 2.00 bits per heavy atom. The lowest BCUT2D eigenvalue weighted by Crippen LogP contribution is -2.71. The van der Waals surface area contributed by atoms with Gasteiger partial charge in [-0.15, -0.1) is 0 Å². The Kier molecular flexibility index (Phi) is 4.61. The third kappa shape index (κ3) is 3.07. The second-order valence-electron chi connectivity index (χ2n) is 7.04. The molecule has 2 fully saturated rings. The lowest BCUT2D eigenvalue weighted by molar-refractivity contribution is -0.158. The van der Waals surface area contributed by atoms with Crippen LogP contribution in [0.3, 0.4) is 0 Å². The molecule has 2 rings (SSSR count). The average Bonchev–Trinajstić information content (AvgIpc) is 3.24. The van der Waals surface area contributed by atoms with E-state index >= 15 is 0 Å². The van der Waals surface area contributed by atoms with E-state index in [4.69, 9.17) is 0 Å². The normalized spacial score (nSPS) is 31.5. The van der Waals surface area contributed by atoms with Gasteiger partial charge in [-0.25, -0.2) is 0 Å². The molecule has 2 aliphatic rings. The van der Waals surface area contributed by atoms with Gasteiger partial charge in [0.25, 0.3) is 0 Å². The van der Waals surface area contributed by atoms with Gasteiger partial charge in [-0.05, 0) is 66.1 Å². The minimum Gasteiger partial charge on any atom is -0.340 e. The summed E-state index contributed by atoms with van der Waals surface area (Å²) in [6, 6.07) is -0.226. The number of nitrogens with one attached hydrogen (secondary N) is 1. The van der Waals surface area contributed by atoms with E-state index in [0.717, 1.165) is 25.8 Å². The highest BCUT2D eigenvalue weighted by Crippen LogP contribution is 2.42. The van der Waals surface area contributed by atoms with Crippen LogP contribution in [0.1, 0.15) is 46.5 Å². The molecule has 0 bridgehead atoms. The van der Waals surface area contributed by atoms with Gasteiger partial charge in [0, 0.05) is 6.04 Å². The monoisotopic (exact) mass is 295 g/mol. The van der Waals surface area contributed by atoms with Gasteiger partial charge < -0.3 is 15.1 Å². The second-order valence-corrected chi connectivity index (χ2v) is 7.04. The number of carbonyl (C=O) groups is 2. The molecular weight excluding hydrogens is 266 g/mol. The first kappa shape index (κ1) is 16.3. The quantitative estimate of drug-likeness (QED) is 0.802. The number of hydrogen-bond acceptors (Lipinski definition) is 3. The molecule has 5 heteroatoms. The van der Waals surface area contributed by atoms with E-state index in [-0.39, 0.29) is 23.9 Å². The maximum absolute atomic E-state index is 13.0. The Balaban J connectivity index is 2.20. The zero-order chi connectivity index (χ0) is 15.8. The molecule has 1 aliphatic heterocycles. The molecule has 0 aromatic rings. The number of piperazine rings is 1. The van der Waals surface area contributed by atoms with Gasteiger partial charge in [-0.1, -0.05) is 6.92 Å². The fraction of sp³-hybridized carbons (Fsp3) is 0.875. The summed E-state index contributed by atoms with van der Waals surface area (Å²) in [5, 5.41) is 3.01. The highest BCUT2D eigenvalue weighted by Gasteiger charge is 2.55. The number of carbonyl (C=O) groups excluding carboxylic acids is 2. The molecule has 1 saturated heterocycles. The highest BCUT2D eigenvalue weighted by molar-refractivity contribution is 6.00. The molecule has 1 heterocycles. The van der Waals surface area contributed by atoms with E-state index in [1.165, 1.54) is 0 Å². The lowest BCUT2D eigenvalue weighted by Gasteiger charge is -2.47.